The quantitative estimate of drug-likeness (QED) is 0.807. The summed E-state index contributed by atoms with van der Waals surface area (Å²) in [6.45, 7) is 0. The molecule has 0 atom stereocenters. The van der Waals surface area contributed by atoms with Crippen molar-refractivity contribution in [3.8, 4) is 17.0 Å². The van der Waals surface area contributed by atoms with Gasteiger partial charge in [-0.05, 0) is 12.1 Å². The minimum Gasteiger partial charge on any atom is -0.497 e. The maximum absolute atomic E-state index is 13.7. The van der Waals surface area contributed by atoms with Gasteiger partial charge in [-0.1, -0.05) is 11.6 Å². The largest absolute Gasteiger partial charge is 0.497 e. The van der Waals surface area contributed by atoms with Gasteiger partial charge < -0.3 is 4.74 Å². The highest BCUT2D eigenvalue weighted by Crippen LogP contribution is 2.24. The number of hydrogen-bond donors (Lipinski definition) is 0. The van der Waals surface area contributed by atoms with Crippen molar-refractivity contribution in [3.05, 3.63) is 41.6 Å². The maximum atomic E-state index is 13.7. The Morgan fingerprint density at radius 3 is 2.75 bits per heavy atom. The Kier molecular flexibility index (Phi) is 3.01. The Hall–Kier alpha value is -1.68. The molecule has 0 saturated carbocycles. The molecule has 0 spiro atoms. The van der Waals surface area contributed by atoms with Gasteiger partial charge in [0, 0.05) is 11.6 Å². The number of rotatable bonds is 2. The molecule has 0 radical (unpaired) electrons. The Bertz CT molecular complexity index is 519. The third kappa shape index (κ3) is 2.12. The summed E-state index contributed by atoms with van der Waals surface area (Å²) < 4.78 is 18.6. The number of halogens is 2. The minimum atomic E-state index is -0.420. The monoisotopic (exact) mass is 238 g/mol. The molecule has 0 amide bonds. The van der Waals surface area contributed by atoms with E-state index in [9.17, 15) is 4.39 Å². The summed E-state index contributed by atoms with van der Waals surface area (Å²) in [5, 5.41) is 0.229. The summed E-state index contributed by atoms with van der Waals surface area (Å²) in [6.07, 6.45) is 2.85. The molecule has 1 aromatic heterocycles. The van der Waals surface area contributed by atoms with Crippen LogP contribution in [0.4, 0.5) is 4.39 Å². The number of hydrogen-bond acceptors (Lipinski definition) is 3. The molecule has 2 rings (SSSR count). The van der Waals surface area contributed by atoms with Gasteiger partial charge in [0.2, 0.25) is 0 Å². The van der Waals surface area contributed by atoms with Crippen LogP contribution >= 0.6 is 11.6 Å². The van der Waals surface area contributed by atoms with Gasteiger partial charge in [-0.15, -0.1) is 0 Å². The van der Waals surface area contributed by atoms with Crippen LogP contribution in [0.25, 0.3) is 11.3 Å². The zero-order valence-corrected chi connectivity index (χ0v) is 9.20. The summed E-state index contributed by atoms with van der Waals surface area (Å²) in [7, 11) is 1.48. The number of benzene rings is 1. The average Bonchev–Trinajstić information content (AvgIpc) is 2.28. The first kappa shape index (κ1) is 10.8. The fourth-order valence-electron chi connectivity index (χ4n) is 1.30. The molecule has 0 aliphatic carbocycles. The van der Waals surface area contributed by atoms with E-state index in [2.05, 4.69) is 9.97 Å². The molecule has 0 N–H and O–H groups in total. The first-order valence-corrected chi connectivity index (χ1v) is 4.90. The molecule has 0 saturated heterocycles. The zero-order chi connectivity index (χ0) is 11.5. The summed E-state index contributed by atoms with van der Waals surface area (Å²) >= 11 is 5.68. The van der Waals surface area contributed by atoms with E-state index in [0.717, 1.165) is 0 Å². The van der Waals surface area contributed by atoms with Crippen LogP contribution in [-0.4, -0.2) is 17.1 Å². The van der Waals surface area contributed by atoms with Gasteiger partial charge >= 0.3 is 0 Å². The normalized spacial score (nSPS) is 10.2. The van der Waals surface area contributed by atoms with Crippen LogP contribution in [0.5, 0.6) is 5.75 Å². The molecule has 5 heteroatoms. The van der Waals surface area contributed by atoms with E-state index in [0.29, 0.717) is 17.0 Å². The van der Waals surface area contributed by atoms with E-state index >= 15 is 0 Å². The van der Waals surface area contributed by atoms with Crippen molar-refractivity contribution in [1.29, 1.82) is 0 Å². The molecular weight excluding hydrogens is 231 g/mol. The lowest BCUT2D eigenvalue weighted by molar-refractivity contribution is 0.411. The van der Waals surface area contributed by atoms with Crippen molar-refractivity contribution >= 4 is 11.6 Å². The lowest BCUT2D eigenvalue weighted by atomic mass is 10.1. The second-order valence-corrected chi connectivity index (χ2v) is 3.46. The zero-order valence-electron chi connectivity index (χ0n) is 8.45. The van der Waals surface area contributed by atoms with Crippen molar-refractivity contribution < 1.29 is 9.13 Å². The fraction of sp³-hybridized carbons (Fsp3) is 0.0909. The van der Waals surface area contributed by atoms with Gasteiger partial charge in [0.25, 0.3) is 0 Å². The van der Waals surface area contributed by atoms with Gasteiger partial charge in [-0.3, -0.25) is 4.98 Å². The second kappa shape index (κ2) is 4.45. The molecule has 1 heterocycles. The van der Waals surface area contributed by atoms with Gasteiger partial charge in [-0.2, -0.15) is 0 Å². The van der Waals surface area contributed by atoms with Crippen LogP contribution in [0.15, 0.2) is 30.6 Å². The second-order valence-electron chi connectivity index (χ2n) is 3.07. The predicted molar refractivity (Wildman–Crippen MR) is 59.0 cm³/mol. The van der Waals surface area contributed by atoms with Crippen LogP contribution < -0.4 is 4.74 Å². The molecule has 0 aliphatic heterocycles. The summed E-state index contributed by atoms with van der Waals surface area (Å²) in [6, 6.07) is 4.52. The van der Waals surface area contributed by atoms with Crippen molar-refractivity contribution in [2.45, 2.75) is 0 Å². The minimum absolute atomic E-state index is 0.229. The molecular formula is C11H8ClFN2O. The Morgan fingerprint density at radius 2 is 2.12 bits per heavy atom. The number of methoxy groups -OCH3 is 1. The molecule has 1 aromatic carbocycles. The highest BCUT2D eigenvalue weighted by molar-refractivity contribution is 6.29. The first-order valence-electron chi connectivity index (χ1n) is 4.52. The van der Waals surface area contributed by atoms with E-state index in [-0.39, 0.29) is 5.15 Å². The standard InChI is InChI=1S/C11H8ClFN2O/c1-16-7-2-3-8(9(13)4-7)10-5-14-6-11(12)15-10/h2-6H,1H3. The van der Waals surface area contributed by atoms with Crippen molar-refractivity contribution in [2.24, 2.45) is 0 Å². The van der Waals surface area contributed by atoms with Crippen LogP contribution in [0, 0.1) is 5.82 Å². The van der Waals surface area contributed by atoms with Crippen LogP contribution in [-0.2, 0) is 0 Å². The molecule has 3 nitrogen and oxygen atoms in total. The van der Waals surface area contributed by atoms with Gasteiger partial charge in [0.05, 0.1) is 25.2 Å². The number of nitrogens with zero attached hydrogens (tertiary/aromatic N) is 2. The topological polar surface area (TPSA) is 35.0 Å². The van der Waals surface area contributed by atoms with Crippen LogP contribution in [0.2, 0.25) is 5.15 Å². The Morgan fingerprint density at radius 1 is 1.31 bits per heavy atom. The average molecular weight is 239 g/mol. The molecule has 2 aromatic rings. The highest BCUT2D eigenvalue weighted by atomic mass is 35.5. The Labute approximate surface area is 96.9 Å². The van der Waals surface area contributed by atoms with E-state index in [1.165, 1.54) is 25.6 Å². The van der Waals surface area contributed by atoms with E-state index < -0.39 is 5.82 Å². The molecule has 0 fully saturated rings. The molecule has 0 aliphatic rings. The van der Waals surface area contributed by atoms with E-state index in [1.807, 2.05) is 0 Å². The van der Waals surface area contributed by atoms with Crippen molar-refractivity contribution in [2.75, 3.05) is 7.11 Å². The lowest BCUT2D eigenvalue weighted by Crippen LogP contribution is -1.91. The summed E-state index contributed by atoms with van der Waals surface area (Å²) in [4.78, 5) is 7.83. The van der Waals surface area contributed by atoms with Gasteiger partial charge in [0.15, 0.2) is 0 Å². The number of aromatic nitrogens is 2. The summed E-state index contributed by atoms with van der Waals surface area (Å²) in [5.41, 5.74) is 0.739. The Balaban J connectivity index is 2.48. The summed E-state index contributed by atoms with van der Waals surface area (Å²) in [5.74, 6) is 0.0344. The smallest absolute Gasteiger partial charge is 0.148 e. The predicted octanol–water partition coefficient (Wildman–Crippen LogP) is 2.94. The van der Waals surface area contributed by atoms with Gasteiger partial charge in [0.1, 0.15) is 16.7 Å². The third-order valence-corrected chi connectivity index (χ3v) is 2.24. The van der Waals surface area contributed by atoms with Crippen molar-refractivity contribution in [3.63, 3.8) is 0 Å². The molecule has 82 valence electrons. The maximum Gasteiger partial charge on any atom is 0.148 e. The molecule has 0 unspecified atom stereocenters. The van der Waals surface area contributed by atoms with Crippen LogP contribution in [0.3, 0.4) is 0 Å². The van der Waals surface area contributed by atoms with E-state index in [4.69, 9.17) is 16.3 Å². The fourth-order valence-corrected chi connectivity index (χ4v) is 1.45. The molecule has 16 heavy (non-hydrogen) atoms. The van der Waals surface area contributed by atoms with E-state index in [1.54, 1.807) is 12.1 Å². The third-order valence-electron chi connectivity index (χ3n) is 2.06. The van der Waals surface area contributed by atoms with Gasteiger partial charge in [-0.25, -0.2) is 9.37 Å². The SMILES string of the molecule is COc1ccc(-c2cncc(Cl)n2)c(F)c1. The first-order chi connectivity index (χ1) is 7.70. The van der Waals surface area contributed by atoms with Crippen molar-refractivity contribution in [1.82, 2.24) is 9.97 Å². The highest BCUT2D eigenvalue weighted by Gasteiger charge is 2.08. The molecule has 0 bridgehead atoms. The number of ether oxygens (including phenoxy) is 1. The van der Waals surface area contributed by atoms with Crippen LogP contribution in [0.1, 0.15) is 0 Å². The lowest BCUT2D eigenvalue weighted by Gasteiger charge is -2.04.